The zero-order valence-electron chi connectivity index (χ0n) is 11.0. The van der Waals surface area contributed by atoms with Gasteiger partial charge in [-0.25, -0.2) is 4.98 Å². The number of nitrogens with zero attached hydrogens (tertiary/aromatic N) is 1. The Labute approximate surface area is 113 Å². The number of anilines is 1. The van der Waals surface area contributed by atoms with Gasteiger partial charge in [0, 0.05) is 10.9 Å². The molecule has 2 aromatic rings. The van der Waals surface area contributed by atoms with Crippen LogP contribution in [0.15, 0.2) is 12.1 Å². The van der Waals surface area contributed by atoms with Crippen LogP contribution in [0, 0.1) is 0 Å². The fourth-order valence-corrected chi connectivity index (χ4v) is 2.53. The number of H-pyrrole nitrogens is 1. The molecule has 4 heteroatoms. The van der Waals surface area contributed by atoms with Crippen molar-refractivity contribution in [3.8, 4) is 0 Å². The molecule has 98 valence electrons. The van der Waals surface area contributed by atoms with Crippen LogP contribution in [-0.2, 0) is 0 Å². The summed E-state index contributed by atoms with van der Waals surface area (Å²) in [6.07, 6.45) is 4.70. The van der Waals surface area contributed by atoms with Crippen LogP contribution in [0.2, 0.25) is 5.02 Å². The first-order chi connectivity index (χ1) is 8.65. The second-order valence-corrected chi connectivity index (χ2v) is 5.20. The number of nitrogen functional groups attached to an aromatic ring is 1. The first-order valence-corrected chi connectivity index (χ1v) is 6.98. The molecule has 1 heterocycles. The molecule has 3 nitrogen and oxygen atoms in total. The number of aromatic amines is 1. The average molecular weight is 266 g/mol. The van der Waals surface area contributed by atoms with E-state index in [1.165, 1.54) is 19.3 Å². The van der Waals surface area contributed by atoms with Gasteiger partial charge in [0.05, 0.1) is 11.2 Å². The molecule has 0 radical (unpaired) electrons. The van der Waals surface area contributed by atoms with E-state index in [2.05, 4.69) is 23.8 Å². The van der Waals surface area contributed by atoms with Crippen molar-refractivity contribution in [1.29, 1.82) is 0 Å². The number of nitrogens with two attached hydrogens (primary N) is 1. The van der Waals surface area contributed by atoms with Crippen LogP contribution < -0.4 is 5.73 Å². The van der Waals surface area contributed by atoms with E-state index in [1.54, 1.807) is 6.07 Å². The number of rotatable bonds is 5. The summed E-state index contributed by atoms with van der Waals surface area (Å²) >= 11 is 6.00. The zero-order chi connectivity index (χ0) is 13.1. The molecular formula is C14H20ClN3. The highest BCUT2D eigenvalue weighted by Crippen LogP contribution is 2.29. The molecule has 3 N–H and O–H groups in total. The summed E-state index contributed by atoms with van der Waals surface area (Å²) in [6, 6.07) is 3.64. The Kier molecular flexibility index (Phi) is 4.12. The Morgan fingerprint density at radius 1 is 1.39 bits per heavy atom. The van der Waals surface area contributed by atoms with Crippen LogP contribution in [-0.4, -0.2) is 9.97 Å². The smallest absolute Gasteiger partial charge is 0.112 e. The average Bonchev–Trinajstić information content (AvgIpc) is 2.74. The Bertz CT molecular complexity index is 533. The first-order valence-electron chi connectivity index (χ1n) is 6.60. The third-order valence-electron chi connectivity index (χ3n) is 3.38. The first kappa shape index (κ1) is 13.2. The molecule has 1 aromatic carbocycles. The number of fused-ring (bicyclic) bond motifs is 1. The molecule has 1 aromatic heterocycles. The lowest BCUT2D eigenvalue weighted by atomic mass is 9.99. The van der Waals surface area contributed by atoms with Gasteiger partial charge in [0.1, 0.15) is 11.3 Å². The summed E-state index contributed by atoms with van der Waals surface area (Å²) in [5.41, 5.74) is 8.36. The molecule has 0 aliphatic carbocycles. The number of imidazole rings is 1. The highest BCUT2D eigenvalue weighted by atomic mass is 35.5. The summed E-state index contributed by atoms with van der Waals surface area (Å²) in [5, 5.41) is 0.650. The van der Waals surface area contributed by atoms with E-state index < -0.39 is 0 Å². The van der Waals surface area contributed by atoms with E-state index in [1.807, 2.05) is 6.07 Å². The monoisotopic (exact) mass is 265 g/mol. The van der Waals surface area contributed by atoms with Crippen molar-refractivity contribution in [3.05, 3.63) is 23.0 Å². The van der Waals surface area contributed by atoms with Crippen molar-refractivity contribution < 1.29 is 0 Å². The van der Waals surface area contributed by atoms with E-state index >= 15 is 0 Å². The SMILES string of the molecule is CCCCC(CC)c1nc2c(N)cc(Cl)cc2[nH]1. The minimum absolute atomic E-state index is 0.482. The fourth-order valence-electron chi connectivity index (χ4n) is 2.30. The zero-order valence-corrected chi connectivity index (χ0v) is 11.7. The van der Waals surface area contributed by atoms with Gasteiger partial charge in [-0.05, 0) is 25.0 Å². The van der Waals surface area contributed by atoms with Gasteiger partial charge in [0.25, 0.3) is 0 Å². The summed E-state index contributed by atoms with van der Waals surface area (Å²) in [4.78, 5) is 8.00. The Morgan fingerprint density at radius 2 is 2.17 bits per heavy atom. The van der Waals surface area contributed by atoms with E-state index in [0.717, 1.165) is 23.3 Å². The number of aromatic nitrogens is 2. The highest BCUT2D eigenvalue weighted by Gasteiger charge is 2.15. The second kappa shape index (κ2) is 5.61. The van der Waals surface area contributed by atoms with E-state index in [0.29, 0.717) is 16.6 Å². The lowest BCUT2D eigenvalue weighted by Gasteiger charge is -2.10. The van der Waals surface area contributed by atoms with Gasteiger partial charge in [-0.15, -0.1) is 0 Å². The molecule has 0 bridgehead atoms. The van der Waals surface area contributed by atoms with Crippen molar-refractivity contribution in [2.75, 3.05) is 5.73 Å². The molecule has 2 rings (SSSR count). The van der Waals surface area contributed by atoms with Gasteiger partial charge in [0.2, 0.25) is 0 Å². The maximum Gasteiger partial charge on any atom is 0.112 e. The molecular weight excluding hydrogens is 246 g/mol. The molecule has 0 amide bonds. The largest absolute Gasteiger partial charge is 0.397 e. The molecule has 18 heavy (non-hydrogen) atoms. The van der Waals surface area contributed by atoms with Crippen molar-refractivity contribution >= 4 is 28.3 Å². The molecule has 0 aliphatic rings. The molecule has 0 aliphatic heterocycles. The number of hydrogen-bond donors (Lipinski definition) is 2. The predicted molar refractivity (Wildman–Crippen MR) is 78.1 cm³/mol. The molecule has 1 atom stereocenters. The van der Waals surface area contributed by atoms with Crippen molar-refractivity contribution in [2.24, 2.45) is 0 Å². The van der Waals surface area contributed by atoms with Crippen molar-refractivity contribution in [3.63, 3.8) is 0 Å². The van der Waals surface area contributed by atoms with Crippen molar-refractivity contribution in [2.45, 2.75) is 45.4 Å². The van der Waals surface area contributed by atoms with E-state index in [9.17, 15) is 0 Å². The van der Waals surface area contributed by atoms with Gasteiger partial charge in [-0.3, -0.25) is 0 Å². The second-order valence-electron chi connectivity index (χ2n) is 4.76. The van der Waals surface area contributed by atoms with Gasteiger partial charge in [-0.2, -0.15) is 0 Å². The molecule has 0 fully saturated rings. The quantitative estimate of drug-likeness (QED) is 0.783. The molecule has 0 saturated carbocycles. The standard InChI is InChI=1S/C14H20ClN3/c1-3-5-6-9(4-2)14-17-12-8-10(15)7-11(16)13(12)18-14/h7-9H,3-6,16H2,1-2H3,(H,17,18). The summed E-state index contributed by atoms with van der Waals surface area (Å²) in [7, 11) is 0. The van der Waals surface area contributed by atoms with Gasteiger partial charge < -0.3 is 10.7 Å². The van der Waals surface area contributed by atoms with Crippen LogP contribution >= 0.6 is 11.6 Å². The minimum atomic E-state index is 0.482. The third-order valence-corrected chi connectivity index (χ3v) is 3.60. The summed E-state index contributed by atoms with van der Waals surface area (Å²) in [5.74, 6) is 1.52. The molecule has 0 saturated heterocycles. The van der Waals surface area contributed by atoms with Gasteiger partial charge in [-0.1, -0.05) is 38.3 Å². The third kappa shape index (κ3) is 2.61. The van der Waals surface area contributed by atoms with E-state index in [4.69, 9.17) is 17.3 Å². The minimum Gasteiger partial charge on any atom is -0.397 e. The number of unbranched alkanes of at least 4 members (excludes halogenated alkanes) is 1. The molecule has 1 unspecified atom stereocenters. The maximum atomic E-state index is 6.00. The number of nitrogens with one attached hydrogen (secondary N) is 1. The van der Waals surface area contributed by atoms with Crippen LogP contribution in [0.5, 0.6) is 0 Å². The normalized spacial score (nSPS) is 13.1. The Morgan fingerprint density at radius 3 is 2.83 bits per heavy atom. The summed E-state index contributed by atoms with van der Waals surface area (Å²) in [6.45, 7) is 4.41. The van der Waals surface area contributed by atoms with Crippen LogP contribution in [0.3, 0.4) is 0 Å². The van der Waals surface area contributed by atoms with Gasteiger partial charge in [0.15, 0.2) is 0 Å². The van der Waals surface area contributed by atoms with E-state index in [-0.39, 0.29) is 0 Å². The Balaban J connectivity index is 2.36. The number of hydrogen-bond acceptors (Lipinski definition) is 2. The fraction of sp³-hybridized carbons (Fsp3) is 0.500. The van der Waals surface area contributed by atoms with Crippen molar-refractivity contribution in [1.82, 2.24) is 9.97 Å². The lowest BCUT2D eigenvalue weighted by molar-refractivity contribution is 0.549. The highest BCUT2D eigenvalue weighted by molar-refractivity contribution is 6.31. The Hall–Kier alpha value is -1.22. The van der Waals surface area contributed by atoms with Gasteiger partial charge >= 0.3 is 0 Å². The van der Waals surface area contributed by atoms with Crippen LogP contribution in [0.1, 0.15) is 51.3 Å². The number of halogens is 1. The topological polar surface area (TPSA) is 54.7 Å². The predicted octanol–water partition coefficient (Wildman–Crippen LogP) is 4.48. The van der Waals surface area contributed by atoms with Crippen LogP contribution in [0.25, 0.3) is 11.0 Å². The number of benzene rings is 1. The lowest BCUT2D eigenvalue weighted by Crippen LogP contribution is -1.99. The molecule has 0 spiro atoms. The summed E-state index contributed by atoms with van der Waals surface area (Å²) < 4.78 is 0. The van der Waals surface area contributed by atoms with Crippen LogP contribution in [0.4, 0.5) is 5.69 Å². The maximum absolute atomic E-state index is 6.00.